The third kappa shape index (κ3) is 4.39. The lowest BCUT2D eigenvalue weighted by Gasteiger charge is -2.19. The quantitative estimate of drug-likeness (QED) is 0.750. The lowest BCUT2D eigenvalue weighted by Crippen LogP contribution is -2.18. The van der Waals surface area contributed by atoms with Crippen molar-refractivity contribution in [3.05, 3.63) is 34.9 Å². The monoisotopic (exact) mass is 356 g/mol. The van der Waals surface area contributed by atoms with Gasteiger partial charge in [0.25, 0.3) is 0 Å². The van der Waals surface area contributed by atoms with Gasteiger partial charge in [-0.2, -0.15) is 0 Å². The molecule has 5 nitrogen and oxygen atoms in total. The molecule has 0 bridgehead atoms. The largest absolute Gasteiger partial charge is 0.473 e. The van der Waals surface area contributed by atoms with Crippen LogP contribution in [0.15, 0.2) is 12.1 Å². The minimum absolute atomic E-state index is 0.138. The fourth-order valence-electron chi connectivity index (χ4n) is 2.94. The van der Waals surface area contributed by atoms with Gasteiger partial charge in [-0.15, -0.1) is 0 Å². The highest BCUT2D eigenvalue weighted by Crippen LogP contribution is 2.29. The summed E-state index contributed by atoms with van der Waals surface area (Å²) < 4.78 is 6.08. The van der Waals surface area contributed by atoms with E-state index in [4.69, 9.17) is 25.4 Å². The van der Waals surface area contributed by atoms with Gasteiger partial charge in [-0.05, 0) is 44.2 Å². The van der Waals surface area contributed by atoms with Crippen molar-refractivity contribution in [2.24, 2.45) is 5.73 Å². The van der Waals surface area contributed by atoms with Gasteiger partial charge < -0.3 is 10.5 Å². The first-order valence-electron chi connectivity index (χ1n) is 9.69. The van der Waals surface area contributed by atoms with Crippen molar-refractivity contribution < 1.29 is 4.74 Å². The van der Waals surface area contributed by atoms with Crippen molar-refractivity contribution in [1.82, 2.24) is 15.0 Å². The molecule has 0 aliphatic heterocycles. The number of aromatic nitrogens is 3. The van der Waals surface area contributed by atoms with Gasteiger partial charge in [-0.1, -0.05) is 34.6 Å². The van der Waals surface area contributed by atoms with Gasteiger partial charge in [0.2, 0.25) is 5.88 Å². The van der Waals surface area contributed by atoms with Crippen molar-refractivity contribution in [1.29, 1.82) is 0 Å². The molecule has 0 aliphatic rings. The standard InChI is InChI=1S/C21H32N4O/c1-7-15(8-2)26-21-19(12-22)24-20(17(9-3)25-21)16-10-11-18(13(4)5)23-14(16)6/h10-11,13,15H,7-9,12,22H2,1-6H3. The minimum atomic E-state index is 0.138. The van der Waals surface area contributed by atoms with Crippen LogP contribution in [-0.4, -0.2) is 21.1 Å². The van der Waals surface area contributed by atoms with Gasteiger partial charge in [-0.25, -0.2) is 9.97 Å². The molecule has 0 atom stereocenters. The molecule has 0 radical (unpaired) electrons. The molecule has 0 unspecified atom stereocenters. The minimum Gasteiger partial charge on any atom is -0.473 e. The highest BCUT2D eigenvalue weighted by molar-refractivity contribution is 5.65. The van der Waals surface area contributed by atoms with E-state index in [1.165, 1.54) is 0 Å². The third-order valence-corrected chi connectivity index (χ3v) is 4.67. The summed E-state index contributed by atoms with van der Waals surface area (Å²) in [5.41, 5.74) is 11.5. The summed E-state index contributed by atoms with van der Waals surface area (Å²) >= 11 is 0. The molecule has 2 rings (SSSR count). The van der Waals surface area contributed by atoms with Crippen LogP contribution in [0.1, 0.15) is 76.2 Å². The summed E-state index contributed by atoms with van der Waals surface area (Å²) in [5.74, 6) is 0.973. The summed E-state index contributed by atoms with van der Waals surface area (Å²) in [5, 5.41) is 0. The average molecular weight is 357 g/mol. The molecule has 2 aromatic rings. The lowest BCUT2D eigenvalue weighted by molar-refractivity contribution is 0.181. The van der Waals surface area contributed by atoms with E-state index in [2.05, 4.69) is 46.8 Å². The molecule has 2 aromatic heterocycles. The number of nitrogens with zero attached hydrogens (tertiary/aromatic N) is 3. The van der Waals surface area contributed by atoms with Crippen LogP contribution in [0.3, 0.4) is 0 Å². The van der Waals surface area contributed by atoms with Gasteiger partial charge in [0.05, 0.1) is 17.5 Å². The Bertz CT molecular complexity index is 739. The Morgan fingerprint density at radius 1 is 1.00 bits per heavy atom. The second kappa shape index (κ2) is 9.08. The van der Waals surface area contributed by atoms with E-state index in [0.29, 0.717) is 24.0 Å². The maximum Gasteiger partial charge on any atom is 0.237 e. The average Bonchev–Trinajstić information content (AvgIpc) is 2.65. The molecule has 0 amide bonds. The van der Waals surface area contributed by atoms with Crippen molar-refractivity contribution >= 4 is 0 Å². The van der Waals surface area contributed by atoms with Gasteiger partial charge >= 0.3 is 0 Å². The van der Waals surface area contributed by atoms with E-state index in [-0.39, 0.29) is 6.10 Å². The van der Waals surface area contributed by atoms with Gasteiger partial charge in [0.15, 0.2) is 0 Å². The van der Waals surface area contributed by atoms with E-state index in [9.17, 15) is 0 Å². The topological polar surface area (TPSA) is 73.9 Å². The lowest BCUT2D eigenvalue weighted by atomic mass is 10.0. The normalized spacial score (nSPS) is 11.4. The Morgan fingerprint density at radius 2 is 1.69 bits per heavy atom. The van der Waals surface area contributed by atoms with E-state index in [0.717, 1.165) is 47.6 Å². The molecular formula is C21H32N4O. The zero-order valence-corrected chi connectivity index (χ0v) is 17.0. The number of pyridine rings is 1. The highest BCUT2D eigenvalue weighted by Gasteiger charge is 2.19. The first-order valence-corrected chi connectivity index (χ1v) is 9.69. The van der Waals surface area contributed by atoms with Crippen LogP contribution in [-0.2, 0) is 13.0 Å². The van der Waals surface area contributed by atoms with Gasteiger partial charge in [0.1, 0.15) is 5.69 Å². The van der Waals surface area contributed by atoms with Crippen molar-refractivity contribution in [2.45, 2.75) is 79.4 Å². The van der Waals surface area contributed by atoms with Crippen LogP contribution in [0.5, 0.6) is 5.88 Å². The van der Waals surface area contributed by atoms with Crippen LogP contribution in [0.4, 0.5) is 0 Å². The van der Waals surface area contributed by atoms with Crippen LogP contribution >= 0.6 is 0 Å². The van der Waals surface area contributed by atoms with E-state index in [1.807, 2.05) is 6.92 Å². The molecule has 0 aliphatic carbocycles. The number of ether oxygens (including phenoxy) is 1. The zero-order valence-electron chi connectivity index (χ0n) is 17.0. The fourth-order valence-corrected chi connectivity index (χ4v) is 2.94. The number of hydrogen-bond donors (Lipinski definition) is 1. The molecule has 26 heavy (non-hydrogen) atoms. The molecule has 0 spiro atoms. The van der Waals surface area contributed by atoms with Crippen LogP contribution < -0.4 is 10.5 Å². The predicted octanol–water partition coefficient (Wildman–Crippen LogP) is 4.56. The molecule has 5 heteroatoms. The highest BCUT2D eigenvalue weighted by atomic mass is 16.5. The molecule has 0 fully saturated rings. The number of hydrogen-bond acceptors (Lipinski definition) is 5. The number of nitrogens with two attached hydrogens (primary N) is 1. The maximum atomic E-state index is 6.08. The predicted molar refractivity (Wildman–Crippen MR) is 106 cm³/mol. The Morgan fingerprint density at radius 3 is 2.19 bits per heavy atom. The Hall–Kier alpha value is -2.01. The molecule has 0 saturated carbocycles. The molecule has 142 valence electrons. The maximum absolute atomic E-state index is 6.08. The first-order chi connectivity index (χ1) is 12.4. The second-order valence-electron chi connectivity index (χ2n) is 6.91. The van der Waals surface area contributed by atoms with E-state index < -0.39 is 0 Å². The molecular weight excluding hydrogens is 324 g/mol. The summed E-state index contributed by atoms with van der Waals surface area (Å²) in [4.78, 5) is 14.4. The fraction of sp³-hybridized carbons (Fsp3) is 0.571. The molecule has 0 saturated heterocycles. The molecule has 2 heterocycles. The van der Waals surface area contributed by atoms with Gasteiger partial charge in [0, 0.05) is 23.5 Å². The van der Waals surface area contributed by atoms with Crippen LogP contribution in [0.25, 0.3) is 11.3 Å². The van der Waals surface area contributed by atoms with E-state index >= 15 is 0 Å². The second-order valence-corrected chi connectivity index (χ2v) is 6.91. The molecule has 2 N–H and O–H groups in total. The van der Waals surface area contributed by atoms with Crippen molar-refractivity contribution in [3.8, 4) is 17.1 Å². The molecule has 0 aromatic carbocycles. The van der Waals surface area contributed by atoms with Crippen LogP contribution in [0.2, 0.25) is 0 Å². The summed E-state index contributed by atoms with van der Waals surface area (Å²) in [7, 11) is 0. The smallest absolute Gasteiger partial charge is 0.237 e. The zero-order chi connectivity index (χ0) is 19.3. The van der Waals surface area contributed by atoms with E-state index in [1.54, 1.807) is 0 Å². The third-order valence-electron chi connectivity index (χ3n) is 4.67. The Labute approximate surface area is 157 Å². The van der Waals surface area contributed by atoms with Crippen molar-refractivity contribution in [2.75, 3.05) is 0 Å². The Balaban J connectivity index is 2.52. The Kier molecular flexibility index (Phi) is 7.09. The van der Waals surface area contributed by atoms with Gasteiger partial charge in [-0.3, -0.25) is 4.98 Å². The number of aryl methyl sites for hydroxylation is 2. The summed E-state index contributed by atoms with van der Waals surface area (Å²) in [6, 6.07) is 4.17. The van der Waals surface area contributed by atoms with Crippen molar-refractivity contribution in [3.63, 3.8) is 0 Å². The summed E-state index contributed by atoms with van der Waals surface area (Å²) in [6.07, 6.45) is 2.78. The SMILES string of the molecule is CCc1nc(OC(CC)CC)c(CN)nc1-c1ccc(C(C)C)nc1C. The van der Waals surface area contributed by atoms with Crippen LogP contribution in [0, 0.1) is 6.92 Å². The number of rotatable bonds is 8. The summed E-state index contributed by atoms with van der Waals surface area (Å²) in [6.45, 7) is 12.9. The first kappa shape index (κ1) is 20.3.